The van der Waals surface area contributed by atoms with Gasteiger partial charge >= 0.3 is 5.97 Å². The Morgan fingerprint density at radius 3 is 2.81 bits per heavy atom. The first kappa shape index (κ1) is 13.6. The van der Waals surface area contributed by atoms with Gasteiger partial charge in [-0.2, -0.15) is 0 Å². The van der Waals surface area contributed by atoms with E-state index in [1.54, 1.807) is 31.6 Å². The van der Waals surface area contributed by atoms with E-state index in [9.17, 15) is 4.79 Å². The molecule has 2 aromatic carbocycles. The van der Waals surface area contributed by atoms with Crippen LogP contribution in [-0.4, -0.2) is 27.7 Å². The van der Waals surface area contributed by atoms with Crippen LogP contribution in [0.25, 0.3) is 16.7 Å². The lowest BCUT2D eigenvalue weighted by molar-refractivity contribution is 0.0697. The number of aromatic carboxylic acids is 1. The minimum Gasteiger partial charge on any atom is -0.497 e. The number of nitrogens with zero attached hydrogens (tertiary/aromatic N) is 2. The summed E-state index contributed by atoms with van der Waals surface area (Å²) in [7, 11) is 1.60. The van der Waals surface area contributed by atoms with Gasteiger partial charge in [0.25, 0.3) is 0 Å². The zero-order valence-corrected chi connectivity index (χ0v) is 12.7. The second-order valence-corrected chi connectivity index (χ2v) is 5.39. The van der Waals surface area contributed by atoms with Crippen molar-refractivity contribution in [1.29, 1.82) is 0 Å². The van der Waals surface area contributed by atoms with Crippen LogP contribution in [0.5, 0.6) is 5.75 Å². The van der Waals surface area contributed by atoms with Gasteiger partial charge in [0.2, 0.25) is 0 Å². The SMILES string of the molecule is COc1cc(Br)cc(-n2cnc3ccc(C(=O)O)cc32)c1. The van der Waals surface area contributed by atoms with Crippen molar-refractivity contribution < 1.29 is 14.6 Å². The molecule has 21 heavy (non-hydrogen) atoms. The van der Waals surface area contributed by atoms with Crippen LogP contribution in [0.15, 0.2) is 47.2 Å². The quantitative estimate of drug-likeness (QED) is 0.788. The number of imidazole rings is 1. The van der Waals surface area contributed by atoms with Crippen LogP contribution in [0.2, 0.25) is 0 Å². The molecule has 0 bridgehead atoms. The average Bonchev–Trinajstić information content (AvgIpc) is 2.89. The Labute approximate surface area is 128 Å². The van der Waals surface area contributed by atoms with Crippen LogP contribution in [0.3, 0.4) is 0 Å². The number of rotatable bonds is 3. The first-order valence-corrected chi connectivity index (χ1v) is 6.93. The maximum absolute atomic E-state index is 11.1. The van der Waals surface area contributed by atoms with Gasteiger partial charge in [-0.15, -0.1) is 0 Å². The third kappa shape index (κ3) is 2.50. The van der Waals surface area contributed by atoms with E-state index >= 15 is 0 Å². The fourth-order valence-electron chi connectivity index (χ4n) is 2.15. The number of benzene rings is 2. The van der Waals surface area contributed by atoms with E-state index in [2.05, 4.69) is 20.9 Å². The van der Waals surface area contributed by atoms with E-state index in [1.165, 1.54) is 0 Å². The van der Waals surface area contributed by atoms with Crippen molar-refractivity contribution >= 4 is 32.9 Å². The van der Waals surface area contributed by atoms with Gasteiger partial charge in [-0.3, -0.25) is 4.57 Å². The molecule has 3 aromatic rings. The first-order chi connectivity index (χ1) is 10.1. The number of ether oxygens (including phenoxy) is 1. The summed E-state index contributed by atoms with van der Waals surface area (Å²) in [4.78, 5) is 15.4. The molecule has 6 heteroatoms. The Morgan fingerprint density at radius 2 is 2.10 bits per heavy atom. The lowest BCUT2D eigenvalue weighted by atomic mass is 10.2. The average molecular weight is 347 g/mol. The fraction of sp³-hybridized carbons (Fsp3) is 0.0667. The largest absolute Gasteiger partial charge is 0.497 e. The number of hydrogen-bond acceptors (Lipinski definition) is 3. The number of fused-ring (bicyclic) bond motifs is 1. The van der Waals surface area contributed by atoms with E-state index < -0.39 is 5.97 Å². The van der Waals surface area contributed by atoms with Crippen molar-refractivity contribution in [3.8, 4) is 11.4 Å². The highest BCUT2D eigenvalue weighted by atomic mass is 79.9. The smallest absolute Gasteiger partial charge is 0.335 e. The molecule has 5 nitrogen and oxygen atoms in total. The lowest BCUT2D eigenvalue weighted by Crippen LogP contribution is -1.98. The fourth-order valence-corrected chi connectivity index (χ4v) is 2.61. The van der Waals surface area contributed by atoms with Crippen molar-refractivity contribution in [2.45, 2.75) is 0 Å². The predicted octanol–water partition coefficient (Wildman–Crippen LogP) is 3.49. The molecule has 0 fully saturated rings. The molecule has 0 amide bonds. The summed E-state index contributed by atoms with van der Waals surface area (Å²) < 4.78 is 7.95. The Kier molecular flexibility index (Phi) is 3.39. The third-order valence-electron chi connectivity index (χ3n) is 3.16. The molecule has 0 atom stereocenters. The summed E-state index contributed by atoms with van der Waals surface area (Å²) in [6, 6.07) is 10.5. The van der Waals surface area contributed by atoms with Crippen LogP contribution in [-0.2, 0) is 0 Å². The van der Waals surface area contributed by atoms with Crippen molar-refractivity contribution in [1.82, 2.24) is 9.55 Å². The summed E-state index contributed by atoms with van der Waals surface area (Å²) in [5, 5.41) is 9.11. The number of carbonyl (C=O) groups is 1. The molecule has 0 saturated carbocycles. The summed E-state index contributed by atoms with van der Waals surface area (Å²) in [5.41, 5.74) is 2.53. The van der Waals surface area contributed by atoms with Gasteiger partial charge in [0, 0.05) is 10.5 Å². The van der Waals surface area contributed by atoms with E-state index in [1.807, 2.05) is 22.8 Å². The van der Waals surface area contributed by atoms with Gasteiger partial charge in [-0.1, -0.05) is 15.9 Å². The normalized spacial score (nSPS) is 10.8. The van der Waals surface area contributed by atoms with Crippen molar-refractivity contribution in [2.24, 2.45) is 0 Å². The molecule has 0 aliphatic rings. The highest BCUT2D eigenvalue weighted by Gasteiger charge is 2.10. The number of methoxy groups -OCH3 is 1. The maximum atomic E-state index is 11.1. The molecular weight excluding hydrogens is 336 g/mol. The zero-order valence-electron chi connectivity index (χ0n) is 11.1. The molecule has 0 aliphatic heterocycles. The Balaban J connectivity index is 2.22. The van der Waals surface area contributed by atoms with E-state index in [-0.39, 0.29) is 5.56 Å². The van der Waals surface area contributed by atoms with Crippen LogP contribution < -0.4 is 4.74 Å². The molecule has 106 valence electrons. The predicted molar refractivity (Wildman–Crippen MR) is 82.3 cm³/mol. The minimum absolute atomic E-state index is 0.228. The number of carboxylic acids is 1. The van der Waals surface area contributed by atoms with E-state index in [0.717, 1.165) is 21.2 Å². The van der Waals surface area contributed by atoms with Crippen LogP contribution >= 0.6 is 15.9 Å². The molecule has 0 radical (unpaired) electrons. The van der Waals surface area contributed by atoms with Gasteiger partial charge in [0.15, 0.2) is 0 Å². The molecule has 0 spiro atoms. The number of aromatic nitrogens is 2. The van der Waals surface area contributed by atoms with Crippen molar-refractivity contribution in [3.05, 3.63) is 52.8 Å². The van der Waals surface area contributed by atoms with Gasteiger partial charge in [0.1, 0.15) is 12.1 Å². The first-order valence-electron chi connectivity index (χ1n) is 6.14. The van der Waals surface area contributed by atoms with Crippen LogP contribution in [0.1, 0.15) is 10.4 Å². The van der Waals surface area contributed by atoms with Crippen LogP contribution in [0.4, 0.5) is 0 Å². The third-order valence-corrected chi connectivity index (χ3v) is 3.62. The molecule has 3 rings (SSSR count). The van der Waals surface area contributed by atoms with Gasteiger partial charge in [0.05, 0.1) is 29.4 Å². The standard InChI is InChI=1S/C15H11BrN2O3/c1-21-12-6-10(16)5-11(7-12)18-8-17-13-3-2-9(15(19)20)4-14(13)18/h2-8H,1H3,(H,19,20). The highest BCUT2D eigenvalue weighted by molar-refractivity contribution is 9.10. The van der Waals surface area contributed by atoms with E-state index in [0.29, 0.717) is 5.75 Å². The molecular formula is C15H11BrN2O3. The Hall–Kier alpha value is -2.34. The molecule has 1 heterocycles. The monoisotopic (exact) mass is 346 g/mol. The van der Waals surface area contributed by atoms with Gasteiger partial charge in [-0.25, -0.2) is 9.78 Å². The Morgan fingerprint density at radius 1 is 1.29 bits per heavy atom. The summed E-state index contributed by atoms with van der Waals surface area (Å²) in [6.07, 6.45) is 1.66. The molecule has 0 aliphatic carbocycles. The van der Waals surface area contributed by atoms with Crippen molar-refractivity contribution in [2.75, 3.05) is 7.11 Å². The molecule has 1 N–H and O–H groups in total. The maximum Gasteiger partial charge on any atom is 0.335 e. The lowest BCUT2D eigenvalue weighted by Gasteiger charge is -2.08. The van der Waals surface area contributed by atoms with Gasteiger partial charge in [-0.05, 0) is 30.3 Å². The highest BCUT2D eigenvalue weighted by Crippen LogP contribution is 2.26. The molecule has 0 saturated heterocycles. The van der Waals surface area contributed by atoms with E-state index in [4.69, 9.17) is 9.84 Å². The summed E-state index contributed by atoms with van der Waals surface area (Å²) in [6.45, 7) is 0. The summed E-state index contributed by atoms with van der Waals surface area (Å²) >= 11 is 3.43. The zero-order chi connectivity index (χ0) is 15.0. The minimum atomic E-state index is -0.962. The second kappa shape index (κ2) is 5.21. The number of halogens is 1. The van der Waals surface area contributed by atoms with Crippen LogP contribution in [0, 0.1) is 0 Å². The number of hydrogen-bond donors (Lipinski definition) is 1. The topological polar surface area (TPSA) is 64.4 Å². The number of carboxylic acid groups (broad SMARTS) is 1. The molecule has 0 unspecified atom stereocenters. The van der Waals surface area contributed by atoms with Crippen molar-refractivity contribution in [3.63, 3.8) is 0 Å². The second-order valence-electron chi connectivity index (χ2n) is 4.47. The Bertz CT molecular complexity index is 842. The van der Waals surface area contributed by atoms with Gasteiger partial charge < -0.3 is 9.84 Å². The molecule has 1 aromatic heterocycles. The summed E-state index contributed by atoms with van der Waals surface area (Å²) in [5.74, 6) is -0.257.